The largest absolute Gasteiger partial charge is 0.382 e. The summed E-state index contributed by atoms with van der Waals surface area (Å²) in [6.07, 6.45) is 1.50. The highest BCUT2D eigenvalue weighted by Gasteiger charge is 2.42. The molecule has 0 spiro atoms. The number of rotatable bonds is 6. The molecular weight excluding hydrogens is 578 g/mol. The van der Waals surface area contributed by atoms with Crippen molar-refractivity contribution in [1.82, 2.24) is 4.90 Å². The third-order valence-corrected chi connectivity index (χ3v) is 8.63. The van der Waals surface area contributed by atoms with Crippen molar-refractivity contribution < 1.29 is 27.9 Å². The highest BCUT2D eigenvalue weighted by molar-refractivity contribution is 6.31. The van der Waals surface area contributed by atoms with E-state index in [9.17, 15) is 18.4 Å². The monoisotopic (exact) mass is 608 g/mol. The van der Waals surface area contributed by atoms with Gasteiger partial charge in [0.1, 0.15) is 11.9 Å². The summed E-state index contributed by atoms with van der Waals surface area (Å²) in [5.41, 5.74) is 3.42. The lowest BCUT2D eigenvalue weighted by Gasteiger charge is -2.40. The van der Waals surface area contributed by atoms with Gasteiger partial charge in [-0.1, -0.05) is 41.0 Å². The lowest BCUT2D eigenvalue weighted by molar-refractivity contribution is -0.148. The number of benzene rings is 3. The van der Waals surface area contributed by atoms with Gasteiger partial charge in [0.15, 0.2) is 5.82 Å². The summed E-state index contributed by atoms with van der Waals surface area (Å²) in [5.74, 6) is -2.05. The Kier molecular flexibility index (Phi) is 8.32. The third-order valence-electron chi connectivity index (χ3n) is 8.34. The van der Waals surface area contributed by atoms with Crippen molar-refractivity contribution >= 4 is 40.5 Å². The van der Waals surface area contributed by atoms with E-state index in [0.29, 0.717) is 12.0 Å². The molecule has 6 rings (SSSR count). The Hall–Kier alpha value is -4.02. The van der Waals surface area contributed by atoms with Gasteiger partial charge in [0.25, 0.3) is 11.8 Å². The lowest BCUT2D eigenvalue weighted by atomic mass is 9.89. The topological polar surface area (TPSA) is 83.5 Å². The Morgan fingerprint density at radius 3 is 2.58 bits per heavy atom. The molecule has 3 aromatic rings. The van der Waals surface area contributed by atoms with Crippen LogP contribution in [0.2, 0.25) is 5.02 Å². The molecule has 3 aliphatic heterocycles. The van der Waals surface area contributed by atoms with Crippen molar-refractivity contribution in [1.29, 1.82) is 0 Å². The van der Waals surface area contributed by atoms with Crippen LogP contribution in [0.4, 0.5) is 20.2 Å². The van der Waals surface area contributed by atoms with E-state index < -0.39 is 35.6 Å². The van der Waals surface area contributed by atoms with Crippen LogP contribution in [0.15, 0.2) is 65.8 Å². The Bertz CT molecular complexity index is 1580. The Morgan fingerprint density at radius 2 is 1.81 bits per heavy atom. The van der Waals surface area contributed by atoms with Crippen molar-refractivity contribution in [2.45, 2.75) is 43.9 Å². The molecular formula is C32H31ClF2N4O4. The molecule has 1 fully saturated rings. The van der Waals surface area contributed by atoms with Crippen molar-refractivity contribution in [2.75, 3.05) is 37.0 Å². The summed E-state index contributed by atoms with van der Waals surface area (Å²) < 4.78 is 34.2. The summed E-state index contributed by atoms with van der Waals surface area (Å²) >= 11 is 5.95. The van der Waals surface area contributed by atoms with Gasteiger partial charge >= 0.3 is 0 Å². The summed E-state index contributed by atoms with van der Waals surface area (Å²) in [7, 11) is 1.73. The number of methoxy groups -OCH3 is 1. The summed E-state index contributed by atoms with van der Waals surface area (Å²) in [6.45, 7) is 1.88. The van der Waals surface area contributed by atoms with Gasteiger partial charge in [0.2, 0.25) is 6.10 Å². The summed E-state index contributed by atoms with van der Waals surface area (Å²) in [5, 5.41) is 6.73. The number of ether oxygens (including phenoxy) is 1. The van der Waals surface area contributed by atoms with E-state index in [0.717, 1.165) is 37.2 Å². The number of nitrogens with zero attached hydrogens (tertiary/aromatic N) is 3. The standard InChI is InChI=1S/C32H31ClF2N4O4/c1-42-21-11-14-38(15-12-21)27-10-4-7-23-22(27)13-16-39(30(23)31(40)36-20-6-2-5-19(34)17-20)32(41)28-18-26(37-43-28)24-8-3-9-25(33)29(24)35/h2-10,17,21,28,30H,11-16,18H2,1H3,(H,36,40)/t28?,30-/m0/s1. The molecule has 1 N–H and O–H groups in total. The normalized spacial score (nSPS) is 20.3. The van der Waals surface area contributed by atoms with Crippen LogP contribution in [0.1, 0.15) is 42.0 Å². The number of fused-ring (bicyclic) bond motifs is 1. The van der Waals surface area contributed by atoms with Gasteiger partial charge in [-0.15, -0.1) is 0 Å². The SMILES string of the molecule is COC1CCN(c2cccc3c2CCN(C(=O)C2CC(c4cccc(Cl)c4F)=NO2)[C@@H]3C(=O)Nc2cccc(F)c2)CC1. The van der Waals surface area contributed by atoms with E-state index in [-0.39, 0.29) is 41.1 Å². The Morgan fingerprint density at radius 1 is 1.05 bits per heavy atom. The Labute approximate surface area is 253 Å². The highest BCUT2D eigenvalue weighted by atomic mass is 35.5. The highest BCUT2D eigenvalue weighted by Crippen LogP contribution is 2.38. The Balaban J connectivity index is 1.30. The molecule has 1 unspecified atom stereocenters. The molecule has 43 heavy (non-hydrogen) atoms. The van der Waals surface area contributed by atoms with E-state index in [4.69, 9.17) is 21.2 Å². The lowest BCUT2D eigenvalue weighted by Crippen LogP contribution is -2.49. The number of hydrogen-bond donors (Lipinski definition) is 1. The van der Waals surface area contributed by atoms with E-state index >= 15 is 0 Å². The minimum Gasteiger partial charge on any atom is -0.382 e. The summed E-state index contributed by atoms with van der Waals surface area (Å²) in [4.78, 5) is 37.2. The molecule has 0 radical (unpaired) electrons. The smallest absolute Gasteiger partial charge is 0.267 e. The molecule has 2 amide bonds. The molecule has 224 valence electrons. The molecule has 11 heteroatoms. The molecule has 0 aromatic heterocycles. The van der Waals surface area contributed by atoms with Crippen molar-refractivity contribution in [3.63, 3.8) is 0 Å². The van der Waals surface area contributed by atoms with Crippen molar-refractivity contribution in [2.24, 2.45) is 5.16 Å². The van der Waals surface area contributed by atoms with Crippen LogP contribution in [-0.4, -0.2) is 61.4 Å². The van der Waals surface area contributed by atoms with Gasteiger partial charge in [-0.3, -0.25) is 9.59 Å². The zero-order valence-electron chi connectivity index (χ0n) is 23.6. The molecule has 0 bridgehead atoms. The molecule has 1 saturated heterocycles. The molecule has 3 aromatic carbocycles. The van der Waals surface area contributed by atoms with Crippen molar-refractivity contribution in [3.8, 4) is 0 Å². The number of carbonyl (C=O) groups is 2. The predicted octanol–water partition coefficient (Wildman–Crippen LogP) is 5.49. The van der Waals surface area contributed by atoms with Gasteiger partial charge in [0.05, 0.1) is 16.8 Å². The maximum atomic E-state index is 14.7. The van der Waals surface area contributed by atoms with Gasteiger partial charge in [-0.2, -0.15) is 0 Å². The minimum atomic E-state index is -1.05. The second-order valence-corrected chi connectivity index (χ2v) is 11.3. The van der Waals surface area contributed by atoms with Gasteiger partial charge < -0.3 is 24.7 Å². The quantitative estimate of drug-likeness (QED) is 0.400. The molecule has 8 nitrogen and oxygen atoms in total. The van der Waals surface area contributed by atoms with Crippen LogP contribution >= 0.6 is 11.6 Å². The molecule has 3 heterocycles. The van der Waals surface area contributed by atoms with Crippen LogP contribution in [0, 0.1) is 11.6 Å². The van der Waals surface area contributed by atoms with Gasteiger partial charge in [0, 0.05) is 50.1 Å². The average Bonchev–Trinajstić information content (AvgIpc) is 3.51. The van der Waals surface area contributed by atoms with Crippen LogP contribution in [0.25, 0.3) is 0 Å². The van der Waals surface area contributed by atoms with E-state index in [1.54, 1.807) is 19.2 Å². The first-order chi connectivity index (χ1) is 20.8. The third kappa shape index (κ3) is 5.81. The second kappa shape index (κ2) is 12.3. The van der Waals surface area contributed by atoms with Crippen LogP contribution in [0.3, 0.4) is 0 Å². The number of anilines is 2. The van der Waals surface area contributed by atoms with Crippen LogP contribution < -0.4 is 10.2 Å². The number of hydrogen-bond acceptors (Lipinski definition) is 6. The number of halogens is 3. The molecule has 2 atom stereocenters. The zero-order valence-corrected chi connectivity index (χ0v) is 24.3. The zero-order chi connectivity index (χ0) is 30.1. The number of piperidine rings is 1. The molecule has 0 aliphatic carbocycles. The minimum absolute atomic E-state index is 0.0200. The van der Waals surface area contributed by atoms with E-state index in [2.05, 4.69) is 15.4 Å². The maximum absolute atomic E-state index is 14.7. The van der Waals surface area contributed by atoms with Crippen LogP contribution in [0.5, 0.6) is 0 Å². The van der Waals surface area contributed by atoms with Crippen molar-refractivity contribution in [3.05, 3.63) is 94.0 Å². The van der Waals surface area contributed by atoms with Crippen LogP contribution in [-0.2, 0) is 25.6 Å². The fourth-order valence-corrected chi connectivity index (χ4v) is 6.33. The van der Waals surface area contributed by atoms with Gasteiger partial charge in [-0.05, 0) is 66.8 Å². The first-order valence-corrected chi connectivity index (χ1v) is 14.7. The fraction of sp³-hybridized carbons (Fsp3) is 0.344. The summed E-state index contributed by atoms with van der Waals surface area (Å²) in [6, 6.07) is 15.0. The van der Waals surface area contributed by atoms with E-state index in [1.807, 2.05) is 18.2 Å². The second-order valence-electron chi connectivity index (χ2n) is 10.9. The van der Waals surface area contributed by atoms with E-state index in [1.165, 1.54) is 35.2 Å². The average molecular weight is 609 g/mol. The number of amides is 2. The number of nitrogens with one attached hydrogen (secondary N) is 1. The number of oxime groups is 1. The predicted molar refractivity (Wildman–Crippen MR) is 159 cm³/mol. The first kappa shape index (κ1) is 29.1. The number of carbonyl (C=O) groups excluding carboxylic acids is 2. The first-order valence-electron chi connectivity index (χ1n) is 14.3. The molecule has 3 aliphatic rings. The van der Waals surface area contributed by atoms with Gasteiger partial charge in [-0.25, -0.2) is 8.78 Å². The maximum Gasteiger partial charge on any atom is 0.267 e. The fourth-order valence-electron chi connectivity index (χ4n) is 6.16. The molecule has 0 saturated carbocycles.